The van der Waals surface area contributed by atoms with Gasteiger partial charge in [-0.15, -0.1) is 0 Å². The Morgan fingerprint density at radius 3 is 2.59 bits per heavy atom. The maximum absolute atomic E-state index is 12.6. The second kappa shape index (κ2) is 6.93. The molecule has 1 aliphatic heterocycles. The van der Waals surface area contributed by atoms with Crippen molar-refractivity contribution in [2.45, 2.75) is 30.7 Å². The molecule has 0 aliphatic carbocycles. The minimum Gasteiger partial charge on any atom is -0.363 e. The summed E-state index contributed by atoms with van der Waals surface area (Å²) < 4.78 is 26.8. The van der Waals surface area contributed by atoms with Gasteiger partial charge in [0.05, 0.1) is 0 Å². The predicted molar refractivity (Wildman–Crippen MR) is 88.6 cm³/mol. The number of sulfonamides is 1. The molecule has 1 saturated heterocycles. The second-order valence-electron chi connectivity index (χ2n) is 5.96. The van der Waals surface area contributed by atoms with Crippen molar-refractivity contribution in [3.63, 3.8) is 0 Å². The SMILES string of the molecule is CCN1CCCC1CN(C)S(=O)(=O)c1ccc(N(C)C)nc1. The molecule has 0 radical (unpaired) electrons. The standard InChI is InChI=1S/C15H26N4O2S/c1-5-19-10-6-7-13(19)12-18(4)22(20,21)14-8-9-15(16-11-14)17(2)3/h8-9,11,13H,5-7,10,12H2,1-4H3. The van der Waals surface area contributed by atoms with Gasteiger partial charge >= 0.3 is 0 Å². The highest BCUT2D eigenvalue weighted by Crippen LogP contribution is 2.21. The third kappa shape index (κ3) is 3.59. The van der Waals surface area contributed by atoms with Gasteiger partial charge in [-0.3, -0.25) is 4.90 Å². The first kappa shape index (κ1) is 17.2. The van der Waals surface area contributed by atoms with E-state index >= 15 is 0 Å². The van der Waals surface area contributed by atoms with Crippen LogP contribution in [0.25, 0.3) is 0 Å². The van der Waals surface area contributed by atoms with Crippen molar-refractivity contribution in [3.8, 4) is 0 Å². The van der Waals surface area contributed by atoms with Crippen LogP contribution in [0.3, 0.4) is 0 Å². The number of rotatable bonds is 6. The van der Waals surface area contributed by atoms with Crippen LogP contribution in [0, 0.1) is 0 Å². The molecule has 1 fully saturated rings. The highest BCUT2D eigenvalue weighted by Gasteiger charge is 2.29. The van der Waals surface area contributed by atoms with Crippen LogP contribution in [0.5, 0.6) is 0 Å². The number of nitrogens with zero attached hydrogens (tertiary/aromatic N) is 4. The first-order chi connectivity index (χ1) is 10.4. The molecule has 124 valence electrons. The highest BCUT2D eigenvalue weighted by atomic mass is 32.2. The number of hydrogen-bond acceptors (Lipinski definition) is 5. The third-order valence-corrected chi connectivity index (χ3v) is 6.07. The Labute approximate surface area is 133 Å². The van der Waals surface area contributed by atoms with Gasteiger partial charge < -0.3 is 4.90 Å². The average Bonchev–Trinajstić information content (AvgIpc) is 2.94. The lowest BCUT2D eigenvalue weighted by molar-refractivity contribution is 0.237. The Balaban J connectivity index is 2.11. The molecule has 1 unspecified atom stereocenters. The molecule has 1 atom stereocenters. The topological polar surface area (TPSA) is 56.8 Å². The van der Waals surface area contributed by atoms with E-state index < -0.39 is 10.0 Å². The van der Waals surface area contributed by atoms with E-state index in [9.17, 15) is 8.42 Å². The molecule has 1 aromatic heterocycles. The second-order valence-corrected chi connectivity index (χ2v) is 8.00. The van der Waals surface area contributed by atoms with Crippen molar-refractivity contribution < 1.29 is 8.42 Å². The Bertz CT molecular complexity index is 586. The number of anilines is 1. The van der Waals surface area contributed by atoms with Crippen LogP contribution in [-0.4, -0.2) is 69.4 Å². The summed E-state index contributed by atoms with van der Waals surface area (Å²) in [5, 5.41) is 0. The van der Waals surface area contributed by atoms with E-state index in [0.29, 0.717) is 12.6 Å². The first-order valence-electron chi connectivity index (χ1n) is 7.70. The van der Waals surface area contributed by atoms with Crippen LogP contribution < -0.4 is 4.90 Å². The largest absolute Gasteiger partial charge is 0.363 e. The van der Waals surface area contributed by atoms with Gasteiger partial charge in [-0.2, -0.15) is 4.31 Å². The molecule has 1 aliphatic rings. The molecule has 0 aromatic carbocycles. The van der Waals surface area contributed by atoms with Crippen molar-refractivity contribution in [1.82, 2.24) is 14.2 Å². The molecule has 6 nitrogen and oxygen atoms in total. The van der Waals surface area contributed by atoms with Crippen LogP contribution in [0.1, 0.15) is 19.8 Å². The number of likely N-dealkylation sites (N-methyl/N-ethyl adjacent to an activating group) is 2. The molecule has 0 amide bonds. The van der Waals surface area contributed by atoms with Gasteiger partial charge in [0.1, 0.15) is 10.7 Å². The average molecular weight is 326 g/mol. The lowest BCUT2D eigenvalue weighted by Gasteiger charge is -2.27. The van der Waals surface area contributed by atoms with Gasteiger partial charge in [-0.05, 0) is 38.1 Å². The Morgan fingerprint density at radius 1 is 1.32 bits per heavy atom. The molecule has 7 heteroatoms. The van der Waals surface area contributed by atoms with Crippen LogP contribution in [0.15, 0.2) is 23.2 Å². The molecule has 1 aromatic rings. The summed E-state index contributed by atoms with van der Waals surface area (Å²) in [6.45, 7) is 4.69. The lowest BCUT2D eigenvalue weighted by Crippen LogP contribution is -2.41. The summed E-state index contributed by atoms with van der Waals surface area (Å²) in [6, 6.07) is 3.67. The summed E-state index contributed by atoms with van der Waals surface area (Å²) in [7, 11) is 1.93. The fourth-order valence-corrected chi connectivity index (χ4v) is 4.04. The maximum Gasteiger partial charge on any atom is 0.244 e. The lowest BCUT2D eigenvalue weighted by atomic mass is 10.2. The van der Waals surface area contributed by atoms with E-state index in [1.165, 1.54) is 10.5 Å². The normalized spacial score (nSPS) is 19.8. The van der Waals surface area contributed by atoms with Crippen molar-refractivity contribution in [2.24, 2.45) is 0 Å². The van der Waals surface area contributed by atoms with Crippen LogP contribution in [0.4, 0.5) is 5.82 Å². The van der Waals surface area contributed by atoms with Gasteiger partial charge in [-0.25, -0.2) is 13.4 Å². The number of hydrogen-bond donors (Lipinski definition) is 0. The monoisotopic (exact) mass is 326 g/mol. The summed E-state index contributed by atoms with van der Waals surface area (Å²) in [5.74, 6) is 0.745. The summed E-state index contributed by atoms with van der Waals surface area (Å²) in [5.41, 5.74) is 0. The van der Waals surface area contributed by atoms with E-state index in [-0.39, 0.29) is 4.90 Å². The third-order valence-electron chi connectivity index (χ3n) is 4.26. The molecule has 22 heavy (non-hydrogen) atoms. The van der Waals surface area contributed by atoms with E-state index in [1.54, 1.807) is 19.2 Å². The fourth-order valence-electron chi connectivity index (χ4n) is 2.88. The molecular formula is C15H26N4O2S. The van der Waals surface area contributed by atoms with Crippen LogP contribution >= 0.6 is 0 Å². The minimum atomic E-state index is -3.47. The fraction of sp³-hybridized carbons (Fsp3) is 0.667. The Hall–Kier alpha value is -1.18. The maximum atomic E-state index is 12.6. The summed E-state index contributed by atoms with van der Waals surface area (Å²) in [4.78, 5) is 8.64. The molecule has 0 spiro atoms. The summed E-state index contributed by atoms with van der Waals surface area (Å²) >= 11 is 0. The van der Waals surface area contributed by atoms with E-state index in [0.717, 1.165) is 31.7 Å². The molecule has 0 N–H and O–H groups in total. The molecule has 2 rings (SSSR count). The molecule has 0 bridgehead atoms. The van der Waals surface area contributed by atoms with E-state index in [4.69, 9.17) is 0 Å². The molecule has 2 heterocycles. The number of likely N-dealkylation sites (tertiary alicyclic amines) is 1. The van der Waals surface area contributed by atoms with Gasteiger partial charge in [0.15, 0.2) is 0 Å². The van der Waals surface area contributed by atoms with Crippen molar-refractivity contribution >= 4 is 15.8 Å². The molecule has 0 saturated carbocycles. The van der Waals surface area contributed by atoms with Crippen molar-refractivity contribution in [3.05, 3.63) is 18.3 Å². The van der Waals surface area contributed by atoms with E-state index in [1.807, 2.05) is 19.0 Å². The van der Waals surface area contributed by atoms with Gasteiger partial charge in [0, 0.05) is 39.9 Å². The Morgan fingerprint density at radius 2 is 2.05 bits per heavy atom. The number of aromatic nitrogens is 1. The van der Waals surface area contributed by atoms with Gasteiger partial charge in [0.2, 0.25) is 10.0 Å². The molecular weight excluding hydrogens is 300 g/mol. The van der Waals surface area contributed by atoms with Crippen molar-refractivity contribution in [1.29, 1.82) is 0 Å². The quantitative estimate of drug-likeness (QED) is 0.787. The predicted octanol–water partition coefficient (Wildman–Crippen LogP) is 1.25. The smallest absolute Gasteiger partial charge is 0.244 e. The zero-order chi connectivity index (χ0) is 16.3. The zero-order valence-electron chi connectivity index (χ0n) is 13.9. The van der Waals surface area contributed by atoms with Crippen molar-refractivity contribution in [2.75, 3.05) is 45.7 Å². The van der Waals surface area contributed by atoms with Gasteiger partial charge in [-0.1, -0.05) is 6.92 Å². The van der Waals surface area contributed by atoms with Crippen LogP contribution in [-0.2, 0) is 10.0 Å². The number of pyridine rings is 1. The van der Waals surface area contributed by atoms with E-state index in [2.05, 4.69) is 16.8 Å². The van der Waals surface area contributed by atoms with Crippen LogP contribution in [0.2, 0.25) is 0 Å². The zero-order valence-corrected chi connectivity index (χ0v) is 14.7. The first-order valence-corrected chi connectivity index (χ1v) is 9.14. The minimum absolute atomic E-state index is 0.252. The highest BCUT2D eigenvalue weighted by molar-refractivity contribution is 7.89. The Kier molecular flexibility index (Phi) is 5.41. The summed E-state index contributed by atoms with van der Waals surface area (Å²) in [6.07, 6.45) is 3.64. The van der Waals surface area contributed by atoms with Gasteiger partial charge in [0.25, 0.3) is 0 Å².